The number of carbonyl (C=O) groups excluding carboxylic acids is 1. The molecule has 0 aromatic heterocycles. The first-order chi connectivity index (χ1) is 12.2. The van der Waals surface area contributed by atoms with Crippen LogP contribution in [0.15, 0.2) is 24.3 Å². The monoisotopic (exact) mass is 344 g/mol. The molecule has 1 aromatic carbocycles. The number of nitrogens with one attached hydrogen (secondary N) is 1. The number of amides is 1. The predicted molar refractivity (Wildman–Crippen MR) is 100 cm³/mol. The van der Waals surface area contributed by atoms with Crippen molar-refractivity contribution >= 4 is 5.91 Å². The van der Waals surface area contributed by atoms with Crippen molar-refractivity contribution < 1.29 is 9.90 Å². The molecule has 1 saturated carbocycles. The van der Waals surface area contributed by atoms with E-state index in [0.717, 1.165) is 13.0 Å². The van der Waals surface area contributed by atoms with Crippen LogP contribution >= 0.6 is 0 Å². The summed E-state index contributed by atoms with van der Waals surface area (Å²) in [5.41, 5.74) is 2.78. The third-order valence-corrected chi connectivity index (χ3v) is 5.88. The first kappa shape index (κ1) is 18.4. The Hall–Kier alpha value is -1.39. The lowest BCUT2D eigenvalue weighted by Crippen LogP contribution is -2.47. The molecule has 3 rings (SSSR count). The Bertz CT molecular complexity index is 569. The Balaban J connectivity index is 1.73. The third-order valence-electron chi connectivity index (χ3n) is 5.88. The summed E-state index contributed by atoms with van der Waals surface area (Å²) in [6, 6.07) is 8.90. The highest BCUT2D eigenvalue weighted by atomic mass is 16.3. The van der Waals surface area contributed by atoms with Gasteiger partial charge in [0, 0.05) is 13.1 Å². The third kappa shape index (κ3) is 4.42. The summed E-state index contributed by atoms with van der Waals surface area (Å²) in [5, 5.41) is 12.8. The molecule has 2 aliphatic rings. The highest BCUT2D eigenvalue weighted by Gasteiger charge is 2.36. The standard InChI is InChI=1S/C21H32N2O2/c1-2-18(24)14-22-15-20(25)23-13-12-16-8-6-7-11-19(16)21(23)17-9-4-3-5-10-17/h6-8,11,17-18,21-22,24H,2-5,9-10,12-15H2,1H3/t18-,21?/m1/s1. The Kier molecular flexibility index (Phi) is 6.49. The Morgan fingerprint density at radius 2 is 2.04 bits per heavy atom. The molecule has 1 heterocycles. The minimum atomic E-state index is -0.371. The van der Waals surface area contributed by atoms with Gasteiger partial charge in [-0.25, -0.2) is 0 Å². The average Bonchev–Trinajstić information content (AvgIpc) is 2.67. The number of carbonyl (C=O) groups is 1. The van der Waals surface area contributed by atoms with Crippen LogP contribution in [-0.2, 0) is 11.2 Å². The highest BCUT2D eigenvalue weighted by Crippen LogP contribution is 2.41. The number of aliphatic hydroxyl groups is 1. The van der Waals surface area contributed by atoms with Crippen LogP contribution < -0.4 is 5.32 Å². The summed E-state index contributed by atoms with van der Waals surface area (Å²) < 4.78 is 0. The van der Waals surface area contributed by atoms with Crippen molar-refractivity contribution in [2.75, 3.05) is 19.6 Å². The Labute approximate surface area is 151 Å². The number of hydrogen-bond donors (Lipinski definition) is 2. The SMILES string of the molecule is CC[C@@H](O)CNCC(=O)N1CCc2ccccc2C1C1CCCCC1. The van der Waals surface area contributed by atoms with Crippen LogP contribution in [0.3, 0.4) is 0 Å². The van der Waals surface area contributed by atoms with Gasteiger partial charge in [0.15, 0.2) is 0 Å². The van der Waals surface area contributed by atoms with E-state index in [4.69, 9.17) is 0 Å². The van der Waals surface area contributed by atoms with E-state index in [1.807, 2.05) is 6.92 Å². The van der Waals surface area contributed by atoms with Gasteiger partial charge in [0.2, 0.25) is 5.91 Å². The zero-order valence-electron chi connectivity index (χ0n) is 15.4. The molecule has 1 amide bonds. The second-order valence-corrected chi connectivity index (χ2v) is 7.57. The molecule has 4 nitrogen and oxygen atoms in total. The molecule has 0 bridgehead atoms. The normalized spacial score (nSPS) is 22.5. The van der Waals surface area contributed by atoms with E-state index in [2.05, 4.69) is 34.5 Å². The minimum Gasteiger partial charge on any atom is -0.392 e. The lowest BCUT2D eigenvalue weighted by atomic mass is 9.77. The van der Waals surface area contributed by atoms with Crippen LogP contribution in [0.25, 0.3) is 0 Å². The van der Waals surface area contributed by atoms with Crippen LogP contribution in [0.1, 0.15) is 62.6 Å². The second kappa shape index (κ2) is 8.81. The number of hydrogen-bond acceptors (Lipinski definition) is 3. The minimum absolute atomic E-state index is 0.174. The van der Waals surface area contributed by atoms with Gasteiger partial charge < -0.3 is 15.3 Å². The maximum absolute atomic E-state index is 12.9. The van der Waals surface area contributed by atoms with Gasteiger partial charge >= 0.3 is 0 Å². The summed E-state index contributed by atoms with van der Waals surface area (Å²) in [6.07, 6.45) is 7.64. The lowest BCUT2D eigenvalue weighted by molar-refractivity contribution is -0.134. The summed E-state index contributed by atoms with van der Waals surface area (Å²) in [6.45, 7) is 3.58. The molecule has 1 aliphatic heterocycles. The van der Waals surface area contributed by atoms with E-state index < -0.39 is 0 Å². The average molecular weight is 344 g/mol. The maximum atomic E-state index is 12.9. The summed E-state index contributed by atoms with van der Waals surface area (Å²) in [7, 11) is 0. The van der Waals surface area contributed by atoms with Gasteiger partial charge in [-0.3, -0.25) is 4.79 Å². The van der Waals surface area contributed by atoms with Crippen LogP contribution in [0.4, 0.5) is 0 Å². The highest BCUT2D eigenvalue weighted by molar-refractivity contribution is 5.79. The number of nitrogens with zero attached hydrogens (tertiary/aromatic N) is 1. The molecule has 0 spiro atoms. The van der Waals surface area contributed by atoms with Crippen LogP contribution in [0.2, 0.25) is 0 Å². The van der Waals surface area contributed by atoms with Gasteiger partial charge in [0.25, 0.3) is 0 Å². The Morgan fingerprint density at radius 3 is 2.80 bits per heavy atom. The van der Waals surface area contributed by atoms with E-state index in [1.54, 1.807) is 0 Å². The molecule has 138 valence electrons. The predicted octanol–water partition coefficient (Wildman–Crippen LogP) is 3.05. The molecule has 0 saturated heterocycles. The smallest absolute Gasteiger partial charge is 0.237 e. The van der Waals surface area contributed by atoms with Gasteiger partial charge in [0.05, 0.1) is 18.7 Å². The van der Waals surface area contributed by atoms with Crippen molar-refractivity contribution in [1.82, 2.24) is 10.2 Å². The van der Waals surface area contributed by atoms with Gasteiger partial charge in [-0.05, 0) is 42.7 Å². The molecule has 0 radical (unpaired) electrons. The first-order valence-corrected chi connectivity index (χ1v) is 9.96. The fraction of sp³-hybridized carbons (Fsp3) is 0.667. The van der Waals surface area contributed by atoms with Crippen molar-refractivity contribution in [2.45, 2.75) is 64.0 Å². The summed E-state index contributed by atoms with van der Waals surface area (Å²) in [5.74, 6) is 0.758. The topological polar surface area (TPSA) is 52.6 Å². The molecule has 25 heavy (non-hydrogen) atoms. The zero-order valence-corrected chi connectivity index (χ0v) is 15.4. The van der Waals surface area contributed by atoms with Crippen molar-refractivity contribution in [2.24, 2.45) is 5.92 Å². The van der Waals surface area contributed by atoms with E-state index >= 15 is 0 Å². The van der Waals surface area contributed by atoms with Crippen molar-refractivity contribution in [3.8, 4) is 0 Å². The van der Waals surface area contributed by atoms with Crippen molar-refractivity contribution in [3.05, 3.63) is 35.4 Å². The fourth-order valence-electron chi connectivity index (χ4n) is 4.43. The zero-order chi connectivity index (χ0) is 17.6. The van der Waals surface area contributed by atoms with E-state index in [9.17, 15) is 9.90 Å². The fourth-order valence-corrected chi connectivity index (χ4v) is 4.43. The molecule has 1 unspecified atom stereocenters. The molecule has 2 N–H and O–H groups in total. The molecular formula is C21H32N2O2. The molecule has 1 fully saturated rings. The van der Waals surface area contributed by atoms with Crippen LogP contribution in [0.5, 0.6) is 0 Å². The molecular weight excluding hydrogens is 312 g/mol. The Morgan fingerprint density at radius 1 is 1.28 bits per heavy atom. The lowest BCUT2D eigenvalue weighted by Gasteiger charge is -2.43. The van der Waals surface area contributed by atoms with E-state index in [-0.39, 0.29) is 18.1 Å². The molecule has 1 aromatic rings. The second-order valence-electron chi connectivity index (χ2n) is 7.57. The number of fused-ring (bicyclic) bond motifs is 1. The van der Waals surface area contributed by atoms with Gasteiger partial charge in [-0.2, -0.15) is 0 Å². The van der Waals surface area contributed by atoms with Crippen LogP contribution in [-0.4, -0.2) is 41.7 Å². The number of rotatable bonds is 6. The molecule has 2 atom stereocenters. The van der Waals surface area contributed by atoms with E-state index in [0.29, 0.717) is 25.4 Å². The summed E-state index contributed by atoms with van der Waals surface area (Å²) in [4.78, 5) is 15.0. The van der Waals surface area contributed by atoms with Gasteiger partial charge in [-0.1, -0.05) is 50.5 Å². The molecule has 1 aliphatic carbocycles. The number of benzene rings is 1. The molecule has 4 heteroatoms. The maximum Gasteiger partial charge on any atom is 0.237 e. The van der Waals surface area contributed by atoms with E-state index in [1.165, 1.54) is 43.2 Å². The van der Waals surface area contributed by atoms with Gasteiger partial charge in [0.1, 0.15) is 0 Å². The van der Waals surface area contributed by atoms with Crippen molar-refractivity contribution in [1.29, 1.82) is 0 Å². The first-order valence-electron chi connectivity index (χ1n) is 9.96. The van der Waals surface area contributed by atoms with Crippen molar-refractivity contribution in [3.63, 3.8) is 0 Å². The van der Waals surface area contributed by atoms with Gasteiger partial charge in [-0.15, -0.1) is 0 Å². The summed E-state index contributed by atoms with van der Waals surface area (Å²) >= 11 is 0. The largest absolute Gasteiger partial charge is 0.392 e. The number of aliphatic hydroxyl groups excluding tert-OH is 1. The quantitative estimate of drug-likeness (QED) is 0.834. The van der Waals surface area contributed by atoms with Crippen LogP contribution in [0, 0.1) is 5.92 Å².